The largest absolute Gasteiger partial charge is 0.310 e. The van der Waals surface area contributed by atoms with Crippen LogP contribution in [-0.2, 0) is 6.54 Å². The topological polar surface area (TPSA) is 12.0 Å². The maximum atomic E-state index is 13.4. The molecule has 0 amide bonds. The second-order valence-corrected chi connectivity index (χ2v) is 5.49. The number of hydrogen-bond acceptors (Lipinski definition) is 1. The summed E-state index contributed by atoms with van der Waals surface area (Å²) in [6.07, 6.45) is 2.35. The minimum atomic E-state index is -0.449. The van der Waals surface area contributed by atoms with Gasteiger partial charge in [0.25, 0.3) is 0 Å². The molecule has 1 N–H and O–H groups in total. The first-order valence-electron chi connectivity index (χ1n) is 6.61. The van der Waals surface area contributed by atoms with E-state index in [2.05, 4.69) is 5.32 Å². The zero-order valence-corrected chi connectivity index (χ0v) is 11.6. The molecule has 1 aliphatic carbocycles. The molecule has 0 spiro atoms. The molecule has 1 saturated carbocycles. The van der Waals surface area contributed by atoms with E-state index in [1.165, 1.54) is 31.0 Å². The Morgan fingerprint density at radius 3 is 2.60 bits per heavy atom. The van der Waals surface area contributed by atoms with Gasteiger partial charge in [0.1, 0.15) is 11.6 Å². The lowest BCUT2D eigenvalue weighted by Crippen LogP contribution is -2.16. The Labute approximate surface area is 121 Å². The van der Waals surface area contributed by atoms with Crippen molar-refractivity contribution in [2.24, 2.45) is 0 Å². The molecule has 1 nitrogen and oxygen atoms in total. The van der Waals surface area contributed by atoms with Crippen LogP contribution < -0.4 is 5.32 Å². The van der Waals surface area contributed by atoms with E-state index in [0.29, 0.717) is 12.6 Å². The second-order valence-electron chi connectivity index (χ2n) is 5.09. The van der Waals surface area contributed by atoms with Gasteiger partial charge in [-0.05, 0) is 53.8 Å². The normalized spacial score (nSPS) is 14.6. The van der Waals surface area contributed by atoms with E-state index in [9.17, 15) is 8.78 Å². The number of hydrogen-bond donors (Lipinski definition) is 1. The van der Waals surface area contributed by atoms with Crippen LogP contribution in [0.15, 0.2) is 36.4 Å². The van der Waals surface area contributed by atoms with Crippen LogP contribution in [0.2, 0.25) is 5.02 Å². The average molecular weight is 294 g/mol. The smallest absolute Gasteiger partial charge is 0.141 e. The fourth-order valence-corrected chi connectivity index (χ4v) is 2.38. The highest BCUT2D eigenvalue weighted by molar-refractivity contribution is 6.31. The van der Waals surface area contributed by atoms with Gasteiger partial charge in [-0.1, -0.05) is 23.7 Å². The molecule has 1 fully saturated rings. The van der Waals surface area contributed by atoms with Gasteiger partial charge in [-0.15, -0.1) is 0 Å². The molecule has 2 aromatic carbocycles. The fraction of sp³-hybridized carbons (Fsp3) is 0.250. The second kappa shape index (κ2) is 5.51. The molecule has 0 heterocycles. The SMILES string of the molecule is Fc1ccc(-c2ccc(F)c(Cl)c2)c(CNC2CC2)c1. The summed E-state index contributed by atoms with van der Waals surface area (Å²) in [5, 5.41) is 3.44. The van der Waals surface area contributed by atoms with Crippen LogP contribution >= 0.6 is 11.6 Å². The Bertz CT molecular complexity index is 638. The van der Waals surface area contributed by atoms with Crippen molar-refractivity contribution in [3.8, 4) is 11.1 Å². The number of rotatable bonds is 4. The summed E-state index contributed by atoms with van der Waals surface area (Å²) in [6, 6.07) is 9.75. The highest BCUT2D eigenvalue weighted by atomic mass is 35.5. The van der Waals surface area contributed by atoms with Crippen molar-refractivity contribution in [3.63, 3.8) is 0 Å². The molecule has 1 aliphatic rings. The predicted molar refractivity (Wildman–Crippen MR) is 76.7 cm³/mol. The van der Waals surface area contributed by atoms with Crippen LogP contribution in [0, 0.1) is 11.6 Å². The third-order valence-corrected chi connectivity index (χ3v) is 3.75. The van der Waals surface area contributed by atoms with Crippen molar-refractivity contribution in [2.45, 2.75) is 25.4 Å². The van der Waals surface area contributed by atoms with E-state index in [0.717, 1.165) is 16.7 Å². The summed E-state index contributed by atoms with van der Waals surface area (Å²) in [4.78, 5) is 0. The molecule has 0 saturated heterocycles. The molecule has 0 aliphatic heterocycles. The van der Waals surface area contributed by atoms with Crippen molar-refractivity contribution in [1.29, 1.82) is 0 Å². The molecule has 0 aromatic heterocycles. The highest BCUT2D eigenvalue weighted by Gasteiger charge is 2.20. The van der Waals surface area contributed by atoms with Gasteiger partial charge < -0.3 is 5.32 Å². The van der Waals surface area contributed by atoms with Gasteiger partial charge in [-0.3, -0.25) is 0 Å². The van der Waals surface area contributed by atoms with Crippen LogP contribution in [0.1, 0.15) is 18.4 Å². The van der Waals surface area contributed by atoms with Crippen LogP contribution in [-0.4, -0.2) is 6.04 Å². The molecule has 4 heteroatoms. The Hall–Kier alpha value is -1.45. The molecule has 0 unspecified atom stereocenters. The van der Waals surface area contributed by atoms with Crippen molar-refractivity contribution in [3.05, 3.63) is 58.6 Å². The highest BCUT2D eigenvalue weighted by Crippen LogP contribution is 2.29. The number of benzene rings is 2. The fourth-order valence-electron chi connectivity index (χ4n) is 2.20. The minimum Gasteiger partial charge on any atom is -0.310 e. The van der Waals surface area contributed by atoms with Crippen LogP contribution in [0.4, 0.5) is 8.78 Å². The lowest BCUT2D eigenvalue weighted by molar-refractivity contribution is 0.620. The van der Waals surface area contributed by atoms with Gasteiger partial charge in [-0.2, -0.15) is 0 Å². The van der Waals surface area contributed by atoms with E-state index in [4.69, 9.17) is 11.6 Å². The van der Waals surface area contributed by atoms with Crippen molar-refractivity contribution in [2.75, 3.05) is 0 Å². The summed E-state index contributed by atoms with van der Waals surface area (Å²) >= 11 is 5.82. The molecule has 3 rings (SSSR count). The van der Waals surface area contributed by atoms with E-state index in [1.54, 1.807) is 18.2 Å². The first kappa shape index (κ1) is 13.5. The van der Waals surface area contributed by atoms with Gasteiger partial charge in [0.05, 0.1) is 5.02 Å². The maximum absolute atomic E-state index is 13.4. The zero-order valence-electron chi connectivity index (χ0n) is 10.8. The zero-order chi connectivity index (χ0) is 14.1. The van der Waals surface area contributed by atoms with E-state index < -0.39 is 5.82 Å². The Morgan fingerprint density at radius 1 is 1.10 bits per heavy atom. The molecule has 0 radical (unpaired) electrons. The third-order valence-electron chi connectivity index (χ3n) is 3.46. The quantitative estimate of drug-likeness (QED) is 0.873. The monoisotopic (exact) mass is 293 g/mol. The minimum absolute atomic E-state index is 0.0768. The van der Waals surface area contributed by atoms with Crippen molar-refractivity contribution < 1.29 is 8.78 Å². The maximum Gasteiger partial charge on any atom is 0.141 e. The van der Waals surface area contributed by atoms with E-state index in [-0.39, 0.29) is 10.8 Å². The third kappa shape index (κ3) is 3.00. The molecule has 20 heavy (non-hydrogen) atoms. The Kier molecular flexibility index (Phi) is 3.72. The predicted octanol–water partition coefficient (Wildman–Crippen LogP) is 4.54. The Morgan fingerprint density at radius 2 is 1.90 bits per heavy atom. The summed E-state index contributed by atoms with van der Waals surface area (Å²) in [6.45, 7) is 0.604. The molecule has 0 bridgehead atoms. The van der Waals surface area contributed by atoms with Crippen LogP contribution in [0.3, 0.4) is 0 Å². The van der Waals surface area contributed by atoms with Crippen molar-refractivity contribution >= 4 is 11.6 Å². The summed E-state index contributed by atoms with van der Waals surface area (Å²) in [5.74, 6) is -0.718. The standard InChI is InChI=1S/C16H14ClF2N/c17-15-8-10(1-6-16(15)19)14-5-2-12(18)7-11(14)9-20-13-3-4-13/h1-2,5-8,13,20H,3-4,9H2. The molecule has 104 valence electrons. The summed E-state index contributed by atoms with van der Waals surface area (Å²) in [5.41, 5.74) is 2.53. The summed E-state index contributed by atoms with van der Waals surface area (Å²) in [7, 11) is 0. The average Bonchev–Trinajstić information content (AvgIpc) is 3.24. The molecular formula is C16H14ClF2N. The first-order chi connectivity index (χ1) is 9.63. The number of halogens is 3. The van der Waals surface area contributed by atoms with Gasteiger partial charge >= 0.3 is 0 Å². The molecular weight excluding hydrogens is 280 g/mol. The lowest BCUT2D eigenvalue weighted by atomic mass is 9.99. The van der Waals surface area contributed by atoms with Crippen LogP contribution in [0.25, 0.3) is 11.1 Å². The van der Waals surface area contributed by atoms with Crippen molar-refractivity contribution in [1.82, 2.24) is 5.32 Å². The van der Waals surface area contributed by atoms with Gasteiger partial charge in [0, 0.05) is 12.6 Å². The lowest BCUT2D eigenvalue weighted by Gasteiger charge is -2.11. The van der Waals surface area contributed by atoms with Gasteiger partial charge in [0.2, 0.25) is 0 Å². The molecule has 0 atom stereocenters. The Balaban J connectivity index is 1.95. The van der Waals surface area contributed by atoms with E-state index >= 15 is 0 Å². The summed E-state index contributed by atoms with van der Waals surface area (Å²) < 4.78 is 26.7. The van der Waals surface area contributed by atoms with E-state index in [1.807, 2.05) is 0 Å². The van der Waals surface area contributed by atoms with Gasteiger partial charge in [-0.25, -0.2) is 8.78 Å². The van der Waals surface area contributed by atoms with Crippen LogP contribution in [0.5, 0.6) is 0 Å². The van der Waals surface area contributed by atoms with Gasteiger partial charge in [0.15, 0.2) is 0 Å². The first-order valence-corrected chi connectivity index (χ1v) is 6.98. The molecule has 2 aromatic rings. The number of nitrogens with one attached hydrogen (secondary N) is 1.